The number of ketones is 2. The zero-order valence-electron chi connectivity index (χ0n) is 68.1. The van der Waals surface area contributed by atoms with Gasteiger partial charge in [-0.25, -0.2) is 30.1 Å². The number of benzene rings is 6. The van der Waals surface area contributed by atoms with Crippen LogP contribution in [-0.4, -0.2) is 142 Å². The van der Waals surface area contributed by atoms with Crippen molar-refractivity contribution >= 4 is 200 Å². The van der Waals surface area contributed by atoms with Gasteiger partial charge in [0.1, 0.15) is 74.3 Å². The summed E-state index contributed by atoms with van der Waals surface area (Å²) in [5.74, 6) is -5.08. The first kappa shape index (κ1) is 94.2. The van der Waals surface area contributed by atoms with E-state index in [2.05, 4.69) is 4.85 Å². The van der Waals surface area contributed by atoms with E-state index >= 15 is 0 Å². The molecule has 0 radical (unpaired) electrons. The van der Waals surface area contributed by atoms with E-state index in [1.165, 1.54) is 159 Å². The Labute approximate surface area is 743 Å². The summed E-state index contributed by atoms with van der Waals surface area (Å²) >= 11 is 9.01. The maximum Gasteiger partial charge on any atom is 0.311 e. The summed E-state index contributed by atoms with van der Waals surface area (Å²) in [6.07, 6.45) is 3.31. The molecule has 13 rings (SSSR count). The largest absolute Gasteiger partial charge is 0.425 e. The molecule has 0 spiro atoms. The van der Waals surface area contributed by atoms with Crippen molar-refractivity contribution in [1.82, 2.24) is 20.0 Å². The van der Waals surface area contributed by atoms with Crippen LogP contribution in [0.1, 0.15) is 121 Å². The van der Waals surface area contributed by atoms with Crippen LogP contribution in [0.5, 0.6) is 46.0 Å². The van der Waals surface area contributed by atoms with Gasteiger partial charge in [0.05, 0.1) is 93.0 Å². The Bertz CT molecular complexity index is 5390. The van der Waals surface area contributed by atoms with Gasteiger partial charge in [-0.2, -0.15) is 0 Å². The lowest BCUT2D eigenvalue weighted by atomic mass is 10.2. The van der Waals surface area contributed by atoms with Gasteiger partial charge in [0, 0.05) is 81.6 Å². The fraction of sp³-hybridized carbons (Fsp3) is 0.262. The van der Waals surface area contributed by atoms with Gasteiger partial charge in [0.25, 0.3) is 41.1 Å². The molecule has 0 N–H and O–H groups in total. The number of ether oxygens (including phenoxy) is 8. The maximum atomic E-state index is 13.8. The standard InChI is InChI=1S/C26H18N2O6S2.C22H26N2O6S2.C20H16N2O6S2.C16H14N2O6S2/c1-15(29)33-19-13-14-20(34-16(2)30)23-22(19)35-26(36-23)21-24(31)27(17-9-5-3-6-10-17)28(25(21)32)18-11-7-4-8-12-18;1-5-7-11-23-20(27)17(21(28)24(23)12-8-6-2)22-31-18-15(29-13(3)25)9-10-16(19(18)32-22)30-14(4)26;1-11(23)4-8-16(25)27-14-6-7-15(28-17(26)9-5-12(2)24)19-18(14)29-20(30-19)13(10-21)22-3;1-7(19)23-9-5-6-10(24-8(2)20)13-12(9)25-16(26-13)11-14(21)17(3)18(4)15(11)22/h3-14H,1-2H3;9-10H,5-8,11-12H2,1-4H3;6-7H,4-5,8-9H2,1-2H3;5-6H,1-4H3. The Hall–Kier alpha value is -12.0. The Kier molecular flexibility index (Phi) is 32.2. The number of carbonyl (C=O) groups is 16. The van der Waals surface area contributed by atoms with Gasteiger partial charge in [0.2, 0.25) is 0 Å². The highest BCUT2D eigenvalue weighted by atomic mass is 32.2. The number of hydrogen-bond acceptors (Lipinski definition) is 33. The Morgan fingerprint density at radius 1 is 0.355 bits per heavy atom. The first-order valence-electron chi connectivity index (χ1n) is 37.4. The fourth-order valence-electron chi connectivity index (χ4n) is 11.6. The first-order valence-corrected chi connectivity index (χ1v) is 44.0. The summed E-state index contributed by atoms with van der Waals surface area (Å²) in [6.45, 7) is 22.6. The van der Waals surface area contributed by atoms with Crippen molar-refractivity contribution in [3.05, 3.63) is 160 Å². The lowest BCUT2D eigenvalue weighted by Gasteiger charge is -2.27. The number of thioether (sulfide) groups is 8. The van der Waals surface area contributed by atoms with Crippen LogP contribution in [0.4, 0.5) is 11.4 Å². The van der Waals surface area contributed by atoms with E-state index in [0.717, 1.165) is 96.3 Å². The van der Waals surface area contributed by atoms with Crippen LogP contribution in [0.3, 0.4) is 0 Å². The molecule has 3 saturated heterocycles. The molecular formula is C84H74N8O24S8. The average Bonchev–Trinajstić information content (AvgIpc) is 1.60. The van der Waals surface area contributed by atoms with E-state index in [1.54, 1.807) is 60.7 Å². The quantitative estimate of drug-likeness (QED) is 0.0152. The lowest BCUT2D eigenvalue weighted by molar-refractivity contribution is -0.147. The molecule has 124 heavy (non-hydrogen) atoms. The molecule has 642 valence electrons. The van der Waals surface area contributed by atoms with E-state index in [0.29, 0.717) is 92.1 Å². The second-order valence-corrected chi connectivity index (χ2v) is 35.8. The number of Topliss-reactive ketones (excluding diaryl/α,β-unsaturated/α-hetero) is 2. The van der Waals surface area contributed by atoms with Gasteiger partial charge in [-0.3, -0.25) is 77.1 Å². The summed E-state index contributed by atoms with van der Waals surface area (Å²) in [4.78, 5) is 201. The van der Waals surface area contributed by atoms with E-state index in [4.69, 9.17) is 49.7 Å². The number of nitrogens with zero attached hydrogens (tertiary/aromatic N) is 8. The highest BCUT2D eigenvalue weighted by Crippen LogP contribution is 2.64. The third-order valence-corrected chi connectivity index (χ3v) is 27.7. The number of para-hydroxylation sites is 2. The van der Waals surface area contributed by atoms with Crippen molar-refractivity contribution in [2.75, 3.05) is 37.2 Å². The maximum absolute atomic E-state index is 13.8. The van der Waals surface area contributed by atoms with Gasteiger partial charge < -0.3 is 47.5 Å². The van der Waals surface area contributed by atoms with Crippen LogP contribution in [0.15, 0.2) is 188 Å². The molecule has 3 fully saturated rings. The van der Waals surface area contributed by atoms with Crippen LogP contribution in [-0.2, 0) is 76.7 Å². The van der Waals surface area contributed by atoms with Crippen LogP contribution in [0.25, 0.3) is 4.85 Å². The summed E-state index contributed by atoms with van der Waals surface area (Å²) in [6, 6.07) is 31.6. The monoisotopic (exact) mass is 1830 g/mol. The van der Waals surface area contributed by atoms with Crippen molar-refractivity contribution in [3.8, 4) is 52.1 Å². The molecule has 0 bridgehead atoms. The zero-order chi connectivity index (χ0) is 90.2. The topological polar surface area (TPSA) is 395 Å². The summed E-state index contributed by atoms with van der Waals surface area (Å²) in [5, 5.41) is 17.3. The molecule has 6 aromatic rings. The summed E-state index contributed by atoms with van der Waals surface area (Å²) in [7, 11) is 3.00. The predicted molar refractivity (Wildman–Crippen MR) is 459 cm³/mol. The van der Waals surface area contributed by atoms with Gasteiger partial charge in [0.15, 0.2) is 0 Å². The number of hydrazine groups is 3. The van der Waals surface area contributed by atoms with Crippen molar-refractivity contribution < 1.29 is 115 Å². The molecule has 7 aliphatic rings. The van der Waals surface area contributed by atoms with Crippen LogP contribution >= 0.6 is 94.1 Å². The number of nitriles is 1. The summed E-state index contributed by atoms with van der Waals surface area (Å²) in [5.41, 5.74) is 1.03. The Morgan fingerprint density at radius 2 is 0.605 bits per heavy atom. The highest BCUT2D eigenvalue weighted by molar-refractivity contribution is 8.26. The zero-order valence-corrected chi connectivity index (χ0v) is 74.6. The number of amides is 6. The molecule has 6 amide bonds. The smallest absolute Gasteiger partial charge is 0.311 e. The number of hydrogen-bond donors (Lipinski definition) is 0. The molecular weight excluding hydrogens is 1760 g/mol. The van der Waals surface area contributed by atoms with Crippen LogP contribution < -0.4 is 47.9 Å². The third-order valence-electron chi connectivity index (χ3n) is 17.2. The molecule has 0 aliphatic carbocycles. The number of esters is 8. The minimum atomic E-state index is -0.604. The van der Waals surface area contributed by atoms with Crippen molar-refractivity contribution in [1.29, 1.82) is 5.26 Å². The van der Waals surface area contributed by atoms with Crippen molar-refractivity contribution in [2.24, 2.45) is 0 Å². The lowest BCUT2D eigenvalue weighted by Crippen LogP contribution is -2.42. The summed E-state index contributed by atoms with van der Waals surface area (Å²) < 4.78 is 44.1. The van der Waals surface area contributed by atoms with Crippen molar-refractivity contribution in [2.45, 2.75) is 160 Å². The molecule has 0 atom stereocenters. The molecule has 0 unspecified atom stereocenters. The molecule has 40 heteroatoms. The molecule has 0 aromatic heterocycles. The number of anilines is 2. The Balaban J connectivity index is 0.000000174. The van der Waals surface area contributed by atoms with Gasteiger partial charge in [-0.15, -0.1) is 0 Å². The number of carbonyl (C=O) groups excluding carboxylic acids is 16. The number of likely N-dealkylation sites (N-methyl/N-ethyl adjacent to an activating group) is 2. The van der Waals surface area contributed by atoms with Gasteiger partial charge >= 0.3 is 47.8 Å². The fourth-order valence-corrected chi connectivity index (χ4v) is 22.0. The Morgan fingerprint density at radius 3 is 0.847 bits per heavy atom. The number of allylic oxidation sites excluding steroid dienone is 1. The molecule has 6 aromatic carbocycles. The number of unbranched alkanes of at least 4 members (excludes halogenated alkanes) is 2. The molecule has 7 heterocycles. The predicted octanol–water partition coefficient (Wildman–Crippen LogP) is 14.9. The van der Waals surface area contributed by atoms with Crippen LogP contribution in [0.2, 0.25) is 0 Å². The number of fused-ring (bicyclic) bond motifs is 4. The van der Waals surface area contributed by atoms with E-state index in [1.807, 2.05) is 32.0 Å². The first-order chi connectivity index (χ1) is 59.1. The highest BCUT2D eigenvalue weighted by Gasteiger charge is 2.49. The van der Waals surface area contributed by atoms with Gasteiger partial charge in [-0.05, 0) is 99.5 Å². The molecule has 0 saturated carbocycles. The second-order valence-electron chi connectivity index (χ2n) is 26.6. The van der Waals surface area contributed by atoms with E-state index < -0.39 is 71.4 Å². The van der Waals surface area contributed by atoms with Crippen LogP contribution in [0, 0.1) is 17.9 Å². The van der Waals surface area contributed by atoms with E-state index in [9.17, 15) is 76.7 Å². The molecule has 32 nitrogen and oxygen atoms in total. The minimum absolute atomic E-state index is 0.0311. The normalized spacial score (nSPS) is 14.5. The second kappa shape index (κ2) is 42.4. The van der Waals surface area contributed by atoms with Gasteiger partial charge in [-0.1, -0.05) is 157 Å². The minimum Gasteiger partial charge on any atom is -0.425 e. The van der Waals surface area contributed by atoms with Crippen molar-refractivity contribution in [3.63, 3.8) is 0 Å². The average molecular weight is 1840 g/mol. The molecule has 7 aliphatic heterocycles. The van der Waals surface area contributed by atoms with E-state index in [-0.39, 0.29) is 106 Å². The SMILES string of the molecule is CC(=O)Oc1ccc(OC(C)=O)c2c1SC(=C1C(=O)N(C)N(C)C1=O)S2.CC(=O)Oc1ccc(OC(C)=O)c2c1SC(=C1C(=O)N(c3ccccc3)N(c3ccccc3)C1=O)S2.CCCCN1C(=O)C(=C2Sc3c(OC(C)=O)ccc(OC(C)=O)c3S2)C(=O)N1CCCC.[C-]#[N+]C(C#N)=C1Sc2c(OC(=O)CCC(C)=O)ccc(OC(=O)CCC(C)=O)c2S1. The number of rotatable bonds is 22. The third kappa shape index (κ3) is 22.3.